The van der Waals surface area contributed by atoms with E-state index >= 15 is 0 Å². The summed E-state index contributed by atoms with van der Waals surface area (Å²) in [7, 11) is 0. The number of carbonyl (C=O) groups is 2. The maximum absolute atomic E-state index is 12.7. The molecule has 0 radical (unpaired) electrons. The van der Waals surface area contributed by atoms with Gasteiger partial charge in [0.15, 0.2) is 0 Å². The molecule has 4 bridgehead atoms. The lowest BCUT2D eigenvalue weighted by molar-refractivity contribution is -0.160. The first-order valence-corrected chi connectivity index (χ1v) is 8.99. The van der Waals surface area contributed by atoms with Crippen molar-refractivity contribution in [3.8, 4) is 0 Å². The van der Waals surface area contributed by atoms with Crippen LogP contribution in [-0.4, -0.2) is 22.6 Å². The van der Waals surface area contributed by atoms with Crippen LogP contribution in [0.2, 0.25) is 0 Å². The van der Waals surface area contributed by atoms with Gasteiger partial charge in [0.05, 0.1) is 11.3 Å². The molecule has 1 spiro atoms. The molecule has 4 saturated carbocycles. The van der Waals surface area contributed by atoms with Crippen LogP contribution in [0.15, 0.2) is 12.2 Å². The van der Waals surface area contributed by atoms with Gasteiger partial charge in [-0.2, -0.15) is 0 Å². The van der Waals surface area contributed by atoms with E-state index in [9.17, 15) is 14.7 Å². The summed E-state index contributed by atoms with van der Waals surface area (Å²) in [6, 6.07) is 0. The highest BCUT2D eigenvalue weighted by molar-refractivity contribution is 5.84. The molecule has 1 heterocycles. The number of hydrogen-bond acceptors (Lipinski definition) is 3. The molecular weight excluding hydrogens is 292 g/mol. The van der Waals surface area contributed by atoms with Crippen molar-refractivity contribution < 1.29 is 19.4 Å². The topological polar surface area (TPSA) is 63.6 Å². The number of hydrogen-bond donors (Lipinski definition) is 1. The summed E-state index contributed by atoms with van der Waals surface area (Å²) in [6.07, 6.45) is 6.45. The van der Waals surface area contributed by atoms with Crippen LogP contribution in [0, 0.1) is 34.5 Å². The van der Waals surface area contributed by atoms with Gasteiger partial charge in [0, 0.05) is 11.8 Å². The number of aliphatic carboxylic acids is 1. The standard InChI is InChI=1S/C19H24O4/c1-10-8-18-9-11(10)4-5-12(18)19-7-3-6-17(2,16(22)23-19)14(19)13(18)15(20)21/h11-14H,1,3-9H2,2H3,(H,20,21)/t11-,12-,13-,14-,17?,18+,19+/m0/s1. The van der Waals surface area contributed by atoms with Gasteiger partial charge in [-0.25, -0.2) is 0 Å². The quantitative estimate of drug-likeness (QED) is 0.596. The Labute approximate surface area is 136 Å². The van der Waals surface area contributed by atoms with E-state index in [1.54, 1.807) is 0 Å². The Morgan fingerprint density at radius 1 is 1.35 bits per heavy atom. The summed E-state index contributed by atoms with van der Waals surface area (Å²) in [4.78, 5) is 25.0. The van der Waals surface area contributed by atoms with E-state index in [0.29, 0.717) is 5.92 Å². The second kappa shape index (κ2) is 3.84. The number of fused-ring (bicyclic) bond motifs is 1. The second-order valence-corrected chi connectivity index (χ2v) is 9.01. The van der Waals surface area contributed by atoms with Gasteiger partial charge in [-0.15, -0.1) is 0 Å². The fourth-order valence-corrected chi connectivity index (χ4v) is 7.70. The summed E-state index contributed by atoms with van der Waals surface area (Å²) < 4.78 is 6.10. The molecule has 5 rings (SSSR count). The first kappa shape index (κ1) is 14.1. The van der Waals surface area contributed by atoms with Crippen molar-refractivity contribution in [3.05, 3.63) is 12.2 Å². The van der Waals surface area contributed by atoms with Crippen LogP contribution in [0.25, 0.3) is 0 Å². The Morgan fingerprint density at radius 3 is 2.87 bits per heavy atom. The smallest absolute Gasteiger partial charge is 0.312 e. The monoisotopic (exact) mass is 316 g/mol. The molecule has 0 amide bonds. The van der Waals surface area contributed by atoms with Crippen LogP contribution < -0.4 is 0 Å². The van der Waals surface area contributed by atoms with Crippen LogP contribution in [0.5, 0.6) is 0 Å². The van der Waals surface area contributed by atoms with E-state index in [1.807, 2.05) is 6.92 Å². The van der Waals surface area contributed by atoms with Gasteiger partial charge >= 0.3 is 11.9 Å². The maximum atomic E-state index is 12.7. The van der Waals surface area contributed by atoms with Gasteiger partial charge in [-0.3, -0.25) is 9.59 Å². The number of esters is 1. The molecule has 0 aromatic carbocycles. The van der Waals surface area contributed by atoms with E-state index in [2.05, 4.69) is 6.58 Å². The van der Waals surface area contributed by atoms with Crippen LogP contribution in [0.4, 0.5) is 0 Å². The fraction of sp³-hybridized carbons (Fsp3) is 0.789. The molecule has 124 valence electrons. The average Bonchev–Trinajstić information content (AvgIpc) is 2.92. The molecule has 0 aromatic heterocycles. The van der Waals surface area contributed by atoms with Crippen molar-refractivity contribution in [2.45, 2.75) is 57.5 Å². The normalized spacial score (nSPS) is 56.2. The van der Waals surface area contributed by atoms with E-state index in [0.717, 1.165) is 44.9 Å². The predicted molar refractivity (Wildman–Crippen MR) is 82.4 cm³/mol. The third-order valence-corrected chi connectivity index (χ3v) is 8.29. The van der Waals surface area contributed by atoms with E-state index in [-0.39, 0.29) is 23.2 Å². The van der Waals surface area contributed by atoms with Crippen LogP contribution >= 0.6 is 0 Å². The number of carboxylic acid groups (broad SMARTS) is 1. The van der Waals surface area contributed by atoms with Crippen molar-refractivity contribution in [3.63, 3.8) is 0 Å². The zero-order chi connectivity index (χ0) is 16.2. The second-order valence-electron chi connectivity index (χ2n) is 9.01. The van der Waals surface area contributed by atoms with E-state index in [1.165, 1.54) is 5.57 Å². The number of carboxylic acids is 1. The number of allylic oxidation sites excluding steroid dienone is 1. The molecular formula is C19H24O4. The van der Waals surface area contributed by atoms with Crippen LogP contribution in [0.1, 0.15) is 51.9 Å². The molecule has 0 aromatic rings. The zero-order valence-electron chi connectivity index (χ0n) is 13.6. The maximum Gasteiger partial charge on any atom is 0.312 e. The largest absolute Gasteiger partial charge is 0.481 e. The van der Waals surface area contributed by atoms with Crippen molar-refractivity contribution in [2.24, 2.45) is 34.5 Å². The molecule has 7 atom stereocenters. The SMILES string of the molecule is C=C1C[C@@]23C[C@@H]1CC[C@@H]2[C@@]12CCCC(C)(C(=O)O1)[C@@H]2[C@H]3C(=O)O. The molecule has 1 N–H and O–H groups in total. The third-order valence-electron chi connectivity index (χ3n) is 8.29. The molecule has 5 aliphatic rings. The number of carbonyl (C=O) groups excluding carboxylic acids is 1. The van der Waals surface area contributed by atoms with Crippen molar-refractivity contribution in [2.75, 3.05) is 0 Å². The molecule has 5 fully saturated rings. The highest BCUT2D eigenvalue weighted by Crippen LogP contribution is 2.77. The minimum Gasteiger partial charge on any atom is -0.481 e. The molecule has 1 saturated heterocycles. The Balaban J connectivity index is 1.75. The Hall–Kier alpha value is -1.32. The number of ether oxygens (including phenoxy) is 1. The lowest BCUT2D eigenvalue weighted by Gasteiger charge is -2.43. The summed E-state index contributed by atoms with van der Waals surface area (Å²) in [6.45, 7) is 6.22. The van der Waals surface area contributed by atoms with Crippen LogP contribution in [0.3, 0.4) is 0 Å². The molecule has 4 nitrogen and oxygen atoms in total. The Morgan fingerprint density at radius 2 is 2.13 bits per heavy atom. The first-order valence-electron chi connectivity index (χ1n) is 8.99. The Bertz CT molecular complexity index is 654. The van der Waals surface area contributed by atoms with Crippen molar-refractivity contribution in [1.82, 2.24) is 0 Å². The predicted octanol–water partition coefficient (Wildman–Crippen LogP) is 3.17. The molecule has 1 unspecified atom stereocenters. The minimum absolute atomic E-state index is 0.139. The highest BCUT2D eigenvalue weighted by atomic mass is 16.6. The molecule has 4 heteroatoms. The average molecular weight is 316 g/mol. The van der Waals surface area contributed by atoms with E-state index in [4.69, 9.17) is 4.74 Å². The fourth-order valence-electron chi connectivity index (χ4n) is 7.70. The lowest BCUT2D eigenvalue weighted by Crippen LogP contribution is -2.47. The lowest BCUT2D eigenvalue weighted by atomic mass is 9.60. The Kier molecular flexibility index (Phi) is 2.35. The molecule has 4 aliphatic carbocycles. The third kappa shape index (κ3) is 1.29. The van der Waals surface area contributed by atoms with Crippen LogP contribution in [-0.2, 0) is 14.3 Å². The van der Waals surface area contributed by atoms with Crippen molar-refractivity contribution in [1.29, 1.82) is 0 Å². The van der Waals surface area contributed by atoms with Gasteiger partial charge in [-0.1, -0.05) is 12.2 Å². The summed E-state index contributed by atoms with van der Waals surface area (Å²) in [5, 5.41) is 10.2. The first-order chi connectivity index (χ1) is 10.9. The van der Waals surface area contributed by atoms with Crippen molar-refractivity contribution >= 4 is 11.9 Å². The summed E-state index contributed by atoms with van der Waals surface area (Å²) >= 11 is 0. The minimum atomic E-state index is -0.719. The van der Waals surface area contributed by atoms with Gasteiger partial charge in [-0.05, 0) is 63.2 Å². The zero-order valence-corrected chi connectivity index (χ0v) is 13.6. The van der Waals surface area contributed by atoms with Gasteiger partial charge in [0.2, 0.25) is 0 Å². The summed E-state index contributed by atoms with van der Waals surface area (Å²) in [5.41, 5.74) is -0.0978. The summed E-state index contributed by atoms with van der Waals surface area (Å²) in [5.74, 6) is -0.771. The van der Waals surface area contributed by atoms with Gasteiger partial charge < -0.3 is 9.84 Å². The van der Waals surface area contributed by atoms with E-state index < -0.39 is 22.9 Å². The molecule has 23 heavy (non-hydrogen) atoms. The van der Waals surface area contributed by atoms with Gasteiger partial charge in [0.25, 0.3) is 0 Å². The van der Waals surface area contributed by atoms with Gasteiger partial charge in [0.1, 0.15) is 5.60 Å². The number of rotatable bonds is 1. The highest BCUT2D eigenvalue weighted by Gasteiger charge is 2.81. The molecule has 1 aliphatic heterocycles.